The van der Waals surface area contributed by atoms with Crippen molar-refractivity contribution >= 4 is 5.97 Å². The molecule has 11 nitrogen and oxygen atoms in total. The van der Waals surface area contributed by atoms with Gasteiger partial charge < -0.3 is 49.6 Å². The summed E-state index contributed by atoms with van der Waals surface area (Å²) in [5.74, 6) is -1.74. The molecule has 3 aliphatic rings. The molecular formula is C17H26O11. The molecule has 0 amide bonds. The molecule has 2 fully saturated rings. The Morgan fingerprint density at radius 1 is 1.18 bits per heavy atom. The summed E-state index contributed by atoms with van der Waals surface area (Å²) in [6.07, 6.45) is -8.06. The predicted molar refractivity (Wildman–Crippen MR) is 88.1 cm³/mol. The molecule has 160 valence electrons. The van der Waals surface area contributed by atoms with E-state index in [9.17, 15) is 35.4 Å². The third-order valence-corrected chi connectivity index (χ3v) is 5.60. The average molecular weight is 406 g/mol. The minimum absolute atomic E-state index is 0.101. The van der Waals surface area contributed by atoms with Crippen molar-refractivity contribution in [3.63, 3.8) is 0 Å². The SMILES string of the molecule is CC(=O)O[C@@]1(C)C[C@@H](O)[C@]2(O)C=COC(O[C@@H]3O[C@H](CO)[C@@H](O)[C@H](O)[C@H]3O)C12. The van der Waals surface area contributed by atoms with E-state index in [1.54, 1.807) is 0 Å². The van der Waals surface area contributed by atoms with E-state index in [0.29, 0.717) is 0 Å². The van der Waals surface area contributed by atoms with Crippen LogP contribution in [0.3, 0.4) is 0 Å². The van der Waals surface area contributed by atoms with Gasteiger partial charge in [0.25, 0.3) is 0 Å². The van der Waals surface area contributed by atoms with Crippen molar-refractivity contribution in [3.05, 3.63) is 12.3 Å². The Morgan fingerprint density at radius 3 is 2.46 bits per heavy atom. The average Bonchev–Trinajstić information content (AvgIpc) is 2.81. The zero-order valence-corrected chi connectivity index (χ0v) is 15.4. The van der Waals surface area contributed by atoms with Crippen molar-refractivity contribution in [2.45, 2.75) is 74.6 Å². The van der Waals surface area contributed by atoms with E-state index in [4.69, 9.17) is 18.9 Å². The molecule has 0 aromatic rings. The predicted octanol–water partition coefficient (Wildman–Crippen LogP) is -2.89. The van der Waals surface area contributed by atoms with Crippen molar-refractivity contribution in [2.75, 3.05) is 6.61 Å². The molecule has 0 radical (unpaired) electrons. The van der Waals surface area contributed by atoms with Crippen molar-refractivity contribution < 1.29 is 54.4 Å². The second-order valence-corrected chi connectivity index (χ2v) is 7.63. The highest BCUT2D eigenvalue weighted by molar-refractivity contribution is 5.66. The lowest BCUT2D eigenvalue weighted by Crippen LogP contribution is -2.62. The van der Waals surface area contributed by atoms with Gasteiger partial charge in [0.05, 0.1) is 24.9 Å². The molecule has 0 spiro atoms. The van der Waals surface area contributed by atoms with Gasteiger partial charge in [-0.15, -0.1) is 0 Å². The van der Waals surface area contributed by atoms with E-state index in [2.05, 4.69) is 0 Å². The molecule has 2 unspecified atom stereocenters. The van der Waals surface area contributed by atoms with Crippen LogP contribution in [0.5, 0.6) is 0 Å². The summed E-state index contributed by atoms with van der Waals surface area (Å²) in [6.45, 7) is 2.04. The highest BCUT2D eigenvalue weighted by Gasteiger charge is 2.66. The molecule has 6 N–H and O–H groups in total. The Kier molecular flexibility index (Phi) is 5.73. The van der Waals surface area contributed by atoms with Crippen LogP contribution in [-0.4, -0.2) is 97.5 Å². The Hall–Kier alpha value is -1.31. The van der Waals surface area contributed by atoms with Crippen molar-refractivity contribution in [1.29, 1.82) is 0 Å². The fourth-order valence-electron chi connectivity index (χ4n) is 4.25. The van der Waals surface area contributed by atoms with Gasteiger partial charge in [-0.1, -0.05) is 0 Å². The maximum atomic E-state index is 11.6. The molecule has 1 saturated heterocycles. The Labute approximate surface area is 160 Å². The zero-order chi connectivity index (χ0) is 20.9. The van der Waals surface area contributed by atoms with E-state index >= 15 is 0 Å². The van der Waals surface area contributed by atoms with E-state index in [1.165, 1.54) is 19.9 Å². The maximum Gasteiger partial charge on any atom is 0.303 e. The highest BCUT2D eigenvalue weighted by Crippen LogP contribution is 2.51. The van der Waals surface area contributed by atoms with E-state index < -0.39 is 72.8 Å². The third kappa shape index (κ3) is 3.42. The number of ether oxygens (including phenoxy) is 4. The van der Waals surface area contributed by atoms with Crippen LogP contribution in [0, 0.1) is 5.92 Å². The van der Waals surface area contributed by atoms with E-state index in [0.717, 1.165) is 6.26 Å². The summed E-state index contributed by atoms with van der Waals surface area (Å²) >= 11 is 0. The Morgan fingerprint density at radius 2 is 1.86 bits per heavy atom. The number of aliphatic hydroxyl groups is 6. The van der Waals surface area contributed by atoms with Gasteiger partial charge in [-0.3, -0.25) is 4.79 Å². The number of esters is 1. The molecule has 0 aromatic heterocycles. The number of fused-ring (bicyclic) bond motifs is 1. The minimum atomic E-state index is -1.85. The van der Waals surface area contributed by atoms with Crippen LogP contribution < -0.4 is 0 Å². The molecule has 2 heterocycles. The van der Waals surface area contributed by atoms with Gasteiger partial charge in [-0.05, 0) is 13.0 Å². The van der Waals surface area contributed by atoms with E-state index in [-0.39, 0.29) is 6.42 Å². The monoisotopic (exact) mass is 406 g/mol. The largest absolute Gasteiger partial charge is 0.472 e. The van der Waals surface area contributed by atoms with Gasteiger partial charge in [-0.25, -0.2) is 0 Å². The van der Waals surface area contributed by atoms with Gasteiger partial charge in [0.15, 0.2) is 6.29 Å². The van der Waals surface area contributed by atoms with Crippen LogP contribution in [0.15, 0.2) is 12.3 Å². The minimum Gasteiger partial charge on any atom is -0.472 e. The number of hydrogen-bond acceptors (Lipinski definition) is 11. The molecule has 11 heteroatoms. The summed E-state index contributed by atoms with van der Waals surface area (Å²) in [6, 6.07) is 0. The maximum absolute atomic E-state index is 11.6. The number of aliphatic hydroxyl groups excluding tert-OH is 5. The molecule has 1 saturated carbocycles. The van der Waals surface area contributed by atoms with Gasteiger partial charge in [0.1, 0.15) is 35.6 Å². The number of carbonyl (C=O) groups is 1. The second-order valence-electron chi connectivity index (χ2n) is 7.63. The van der Waals surface area contributed by atoms with Crippen LogP contribution in [0.2, 0.25) is 0 Å². The zero-order valence-electron chi connectivity index (χ0n) is 15.4. The standard InChI is InChI=1S/C17H26O11/c1-7(19)28-16(2)5-9(20)17(24)3-4-25-15(13(16)17)27-14-12(23)11(22)10(21)8(6-18)26-14/h3-4,8-15,18,20-24H,5-6H2,1-2H3/t8-,9-,10-,11+,12-,13?,14+,15?,16+,17-/m1/s1. The van der Waals surface area contributed by atoms with Crippen LogP contribution >= 0.6 is 0 Å². The lowest BCUT2D eigenvalue weighted by molar-refractivity contribution is -0.351. The molecule has 0 bridgehead atoms. The fourth-order valence-corrected chi connectivity index (χ4v) is 4.25. The first-order valence-electron chi connectivity index (χ1n) is 8.92. The first-order valence-corrected chi connectivity index (χ1v) is 8.92. The van der Waals surface area contributed by atoms with E-state index in [1.807, 2.05) is 0 Å². The summed E-state index contributed by atoms with van der Waals surface area (Å²) < 4.78 is 21.7. The van der Waals surface area contributed by atoms with Gasteiger partial charge in [0, 0.05) is 13.3 Å². The summed E-state index contributed by atoms with van der Waals surface area (Å²) in [7, 11) is 0. The van der Waals surface area contributed by atoms with Crippen molar-refractivity contribution in [3.8, 4) is 0 Å². The Bertz CT molecular complexity index is 624. The molecule has 0 aromatic carbocycles. The highest BCUT2D eigenvalue weighted by atomic mass is 16.8. The van der Waals surface area contributed by atoms with Crippen LogP contribution in [0.25, 0.3) is 0 Å². The van der Waals surface area contributed by atoms with Crippen LogP contribution in [0.1, 0.15) is 20.3 Å². The lowest BCUT2D eigenvalue weighted by Gasteiger charge is -2.45. The molecule has 2 aliphatic heterocycles. The first kappa shape index (κ1) is 21.4. The summed E-state index contributed by atoms with van der Waals surface area (Å²) in [5, 5.41) is 60.6. The first-order chi connectivity index (χ1) is 13.0. The smallest absolute Gasteiger partial charge is 0.303 e. The molecule has 1 aliphatic carbocycles. The van der Waals surface area contributed by atoms with Gasteiger partial charge in [-0.2, -0.15) is 0 Å². The van der Waals surface area contributed by atoms with Crippen LogP contribution in [-0.2, 0) is 23.7 Å². The quantitative estimate of drug-likeness (QED) is 0.264. The number of rotatable bonds is 4. The topological polar surface area (TPSA) is 175 Å². The van der Waals surface area contributed by atoms with Gasteiger partial charge >= 0.3 is 5.97 Å². The van der Waals surface area contributed by atoms with Gasteiger partial charge in [0.2, 0.25) is 6.29 Å². The Balaban J connectivity index is 1.87. The van der Waals surface area contributed by atoms with Crippen molar-refractivity contribution in [1.82, 2.24) is 0 Å². The summed E-state index contributed by atoms with van der Waals surface area (Å²) in [5.41, 5.74) is -3.22. The van der Waals surface area contributed by atoms with Crippen LogP contribution in [0.4, 0.5) is 0 Å². The molecule has 3 rings (SSSR count). The lowest BCUT2D eigenvalue weighted by atomic mass is 9.81. The van der Waals surface area contributed by atoms with Crippen molar-refractivity contribution in [2.24, 2.45) is 5.92 Å². The second kappa shape index (κ2) is 7.50. The number of hydrogen-bond donors (Lipinski definition) is 6. The molecular weight excluding hydrogens is 380 g/mol. The normalized spacial score (nSPS) is 50.7. The summed E-state index contributed by atoms with van der Waals surface area (Å²) in [4.78, 5) is 11.6. The molecule has 10 atom stereocenters. The fraction of sp³-hybridized carbons (Fsp3) is 0.824. The third-order valence-electron chi connectivity index (χ3n) is 5.60. The molecule has 28 heavy (non-hydrogen) atoms. The number of carbonyl (C=O) groups excluding carboxylic acids is 1.